The molecule has 0 aliphatic carbocycles. The number of hydrogen-bond donors (Lipinski definition) is 1. The zero-order valence-electron chi connectivity index (χ0n) is 13.5. The van der Waals surface area contributed by atoms with Crippen LogP contribution < -0.4 is 5.73 Å². The SMILES string of the molecule is CCN(Cc1ccc(C(=O)N(C)C)cc1)C(=O)CCCN.Cl. The van der Waals surface area contributed by atoms with Crippen LogP contribution in [0.25, 0.3) is 0 Å². The van der Waals surface area contributed by atoms with Crippen molar-refractivity contribution in [3.05, 3.63) is 35.4 Å². The zero-order chi connectivity index (χ0) is 15.8. The maximum absolute atomic E-state index is 12.0. The minimum Gasteiger partial charge on any atom is -0.345 e. The summed E-state index contributed by atoms with van der Waals surface area (Å²) >= 11 is 0. The fourth-order valence-electron chi connectivity index (χ4n) is 2.02. The van der Waals surface area contributed by atoms with Crippen molar-refractivity contribution >= 4 is 24.2 Å². The highest BCUT2D eigenvalue weighted by atomic mass is 35.5. The minimum absolute atomic E-state index is 0. The van der Waals surface area contributed by atoms with Crippen LogP contribution in [0.5, 0.6) is 0 Å². The molecule has 2 N–H and O–H groups in total. The van der Waals surface area contributed by atoms with Gasteiger partial charge in [0.2, 0.25) is 5.91 Å². The van der Waals surface area contributed by atoms with Crippen molar-refractivity contribution in [3.8, 4) is 0 Å². The summed E-state index contributed by atoms with van der Waals surface area (Å²) in [6.07, 6.45) is 1.20. The first-order valence-corrected chi connectivity index (χ1v) is 7.28. The highest BCUT2D eigenvalue weighted by molar-refractivity contribution is 5.93. The van der Waals surface area contributed by atoms with E-state index in [0.29, 0.717) is 38.0 Å². The summed E-state index contributed by atoms with van der Waals surface area (Å²) in [4.78, 5) is 27.2. The van der Waals surface area contributed by atoms with Gasteiger partial charge in [-0.3, -0.25) is 9.59 Å². The van der Waals surface area contributed by atoms with Gasteiger partial charge in [0, 0.05) is 39.2 Å². The Balaban J connectivity index is 0.00000441. The first-order chi connectivity index (χ1) is 9.99. The van der Waals surface area contributed by atoms with E-state index < -0.39 is 0 Å². The molecule has 1 rings (SSSR count). The topological polar surface area (TPSA) is 66.6 Å². The first-order valence-electron chi connectivity index (χ1n) is 7.28. The third-order valence-corrected chi connectivity index (χ3v) is 3.31. The average molecular weight is 328 g/mol. The summed E-state index contributed by atoms with van der Waals surface area (Å²) in [7, 11) is 3.45. The highest BCUT2D eigenvalue weighted by Crippen LogP contribution is 2.10. The van der Waals surface area contributed by atoms with Crippen LogP contribution in [-0.2, 0) is 11.3 Å². The predicted molar refractivity (Wildman–Crippen MR) is 91.1 cm³/mol. The standard InChI is InChI=1S/C16H25N3O2.ClH/c1-4-19(15(20)6-5-11-17)12-13-7-9-14(10-8-13)16(21)18(2)3;/h7-10H,4-6,11-12,17H2,1-3H3;1H. The Hall–Kier alpha value is -1.59. The minimum atomic E-state index is -0.0204. The van der Waals surface area contributed by atoms with Crippen molar-refractivity contribution in [2.24, 2.45) is 5.73 Å². The van der Waals surface area contributed by atoms with E-state index in [1.54, 1.807) is 36.0 Å². The van der Waals surface area contributed by atoms with E-state index in [9.17, 15) is 9.59 Å². The lowest BCUT2D eigenvalue weighted by Gasteiger charge is -2.21. The molecular weight excluding hydrogens is 302 g/mol. The van der Waals surface area contributed by atoms with E-state index >= 15 is 0 Å². The van der Waals surface area contributed by atoms with Crippen molar-refractivity contribution in [3.63, 3.8) is 0 Å². The van der Waals surface area contributed by atoms with Crippen molar-refractivity contribution in [1.29, 1.82) is 0 Å². The summed E-state index contributed by atoms with van der Waals surface area (Å²) in [5.41, 5.74) is 7.11. The predicted octanol–water partition coefficient (Wildman–Crippen LogP) is 1.90. The monoisotopic (exact) mass is 327 g/mol. The Morgan fingerprint density at radius 1 is 1.14 bits per heavy atom. The van der Waals surface area contributed by atoms with Gasteiger partial charge in [-0.25, -0.2) is 0 Å². The Kier molecular flexibility index (Phi) is 9.45. The Morgan fingerprint density at radius 2 is 1.73 bits per heavy atom. The Bertz CT molecular complexity index is 475. The lowest BCUT2D eigenvalue weighted by atomic mass is 10.1. The van der Waals surface area contributed by atoms with Crippen molar-refractivity contribution in [1.82, 2.24) is 9.80 Å². The molecule has 124 valence electrons. The van der Waals surface area contributed by atoms with Crippen LogP contribution in [0.15, 0.2) is 24.3 Å². The molecule has 0 atom stereocenters. The Morgan fingerprint density at radius 3 is 2.18 bits per heavy atom. The summed E-state index contributed by atoms with van der Waals surface area (Å²) < 4.78 is 0. The maximum atomic E-state index is 12.0. The molecule has 0 spiro atoms. The van der Waals surface area contributed by atoms with Gasteiger partial charge in [-0.1, -0.05) is 12.1 Å². The fourth-order valence-corrected chi connectivity index (χ4v) is 2.02. The molecule has 0 saturated carbocycles. The second kappa shape index (κ2) is 10.2. The summed E-state index contributed by atoms with van der Waals surface area (Å²) in [6, 6.07) is 7.40. The smallest absolute Gasteiger partial charge is 0.253 e. The van der Waals surface area contributed by atoms with Crippen LogP contribution in [0.2, 0.25) is 0 Å². The molecule has 0 radical (unpaired) electrons. The van der Waals surface area contributed by atoms with Gasteiger partial charge in [-0.2, -0.15) is 0 Å². The van der Waals surface area contributed by atoms with E-state index in [-0.39, 0.29) is 24.2 Å². The third-order valence-electron chi connectivity index (χ3n) is 3.31. The van der Waals surface area contributed by atoms with Crippen molar-refractivity contribution in [2.75, 3.05) is 27.2 Å². The number of nitrogens with two attached hydrogens (primary N) is 1. The summed E-state index contributed by atoms with van der Waals surface area (Å²) in [6.45, 7) is 3.73. The lowest BCUT2D eigenvalue weighted by molar-refractivity contribution is -0.131. The summed E-state index contributed by atoms with van der Waals surface area (Å²) in [5, 5.41) is 0. The normalized spacial score (nSPS) is 9.82. The molecule has 1 aromatic carbocycles. The summed E-state index contributed by atoms with van der Waals surface area (Å²) in [5.74, 6) is 0.101. The molecule has 5 nitrogen and oxygen atoms in total. The molecule has 0 aliphatic rings. The number of carbonyl (C=O) groups is 2. The lowest BCUT2D eigenvalue weighted by Crippen LogP contribution is -2.30. The van der Waals surface area contributed by atoms with Crippen LogP contribution in [-0.4, -0.2) is 48.8 Å². The van der Waals surface area contributed by atoms with Gasteiger partial charge >= 0.3 is 0 Å². The molecule has 22 heavy (non-hydrogen) atoms. The van der Waals surface area contributed by atoms with Gasteiger partial charge in [0.15, 0.2) is 0 Å². The van der Waals surface area contributed by atoms with E-state index in [4.69, 9.17) is 5.73 Å². The van der Waals surface area contributed by atoms with Crippen LogP contribution in [0.1, 0.15) is 35.7 Å². The second-order valence-electron chi connectivity index (χ2n) is 5.20. The number of rotatable bonds is 7. The third kappa shape index (κ3) is 6.03. The largest absolute Gasteiger partial charge is 0.345 e. The van der Waals surface area contributed by atoms with Gasteiger partial charge in [0.25, 0.3) is 5.91 Å². The molecule has 0 unspecified atom stereocenters. The van der Waals surface area contributed by atoms with E-state index in [0.717, 1.165) is 5.56 Å². The van der Waals surface area contributed by atoms with E-state index in [2.05, 4.69) is 0 Å². The zero-order valence-corrected chi connectivity index (χ0v) is 14.4. The molecule has 0 aliphatic heterocycles. The quantitative estimate of drug-likeness (QED) is 0.831. The molecule has 1 aromatic rings. The van der Waals surface area contributed by atoms with E-state index in [1.165, 1.54) is 0 Å². The maximum Gasteiger partial charge on any atom is 0.253 e. The first kappa shape index (κ1) is 20.4. The fraction of sp³-hybridized carbons (Fsp3) is 0.500. The van der Waals surface area contributed by atoms with Crippen LogP contribution >= 0.6 is 12.4 Å². The number of halogens is 1. The van der Waals surface area contributed by atoms with Gasteiger partial charge in [0.05, 0.1) is 0 Å². The molecule has 2 amide bonds. The molecule has 6 heteroatoms. The van der Waals surface area contributed by atoms with E-state index in [1.807, 2.05) is 19.1 Å². The Labute approximate surface area is 138 Å². The molecule has 0 bridgehead atoms. The van der Waals surface area contributed by atoms with Crippen molar-refractivity contribution in [2.45, 2.75) is 26.3 Å². The van der Waals surface area contributed by atoms with Crippen molar-refractivity contribution < 1.29 is 9.59 Å². The van der Waals surface area contributed by atoms with Gasteiger partial charge in [-0.05, 0) is 37.6 Å². The molecule has 0 saturated heterocycles. The molecule has 0 heterocycles. The van der Waals surface area contributed by atoms with Crippen LogP contribution in [0.4, 0.5) is 0 Å². The second-order valence-corrected chi connectivity index (χ2v) is 5.20. The highest BCUT2D eigenvalue weighted by Gasteiger charge is 2.12. The van der Waals surface area contributed by atoms with Crippen LogP contribution in [0, 0.1) is 0 Å². The number of benzene rings is 1. The number of nitrogens with zero attached hydrogens (tertiary/aromatic N) is 2. The molecule has 0 aromatic heterocycles. The number of hydrogen-bond acceptors (Lipinski definition) is 3. The number of amides is 2. The molecular formula is C16H26ClN3O2. The van der Waals surface area contributed by atoms with Gasteiger partial charge < -0.3 is 15.5 Å². The van der Waals surface area contributed by atoms with Gasteiger partial charge in [-0.15, -0.1) is 12.4 Å². The average Bonchev–Trinajstić information content (AvgIpc) is 2.49. The van der Waals surface area contributed by atoms with Crippen LogP contribution in [0.3, 0.4) is 0 Å². The molecule has 0 fully saturated rings. The van der Waals surface area contributed by atoms with Gasteiger partial charge in [0.1, 0.15) is 0 Å². The number of carbonyl (C=O) groups excluding carboxylic acids is 2.